The van der Waals surface area contributed by atoms with Crippen LogP contribution in [0.15, 0.2) is 0 Å². The lowest BCUT2D eigenvalue weighted by atomic mass is 9.99. The van der Waals surface area contributed by atoms with Gasteiger partial charge in [-0.15, -0.1) is 0 Å². The van der Waals surface area contributed by atoms with E-state index in [2.05, 4.69) is 19.2 Å². The van der Waals surface area contributed by atoms with E-state index in [0.717, 1.165) is 31.8 Å². The Morgan fingerprint density at radius 2 is 2.00 bits per heavy atom. The zero-order chi connectivity index (χ0) is 12.2. The van der Waals surface area contributed by atoms with Gasteiger partial charge in [0, 0.05) is 6.42 Å². The molecule has 16 heavy (non-hydrogen) atoms. The number of hydrogen-bond acceptors (Lipinski definition) is 2. The summed E-state index contributed by atoms with van der Waals surface area (Å²) in [5, 5.41) is 3.47. The third-order valence-corrected chi connectivity index (χ3v) is 3.00. The van der Waals surface area contributed by atoms with Crippen LogP contribution in [0.25, 0.3) is 0 Å². The van der Waals surface area contributed by atoms with Crippen molar-refractivity contribution in [2.75, 3.05) is 13.1 Å². The molecule has 0 aromatic heterocycles. The molecule has 96 valence electrons. The Morgan fingerprint density at radius 3 is 2.56 bits per heavy atom. The molecule has 3 heteroatoms. The van der Waals surface area contributed by atoms with E-state index < -0.39 is 0 Å². The highest BCUT2D eigenvalue weighted by atomic mass is 16.1. The SMILES string of the molecule is CCCCC(CC)CNCCCCC(N)=O. The van der Waals surface area contributed by atoms with E-state index >= 15 is 0 Å². The van der Waals surface area contributed by atoms with Crippen LogP contribution < -0.4 is 11.1 Å². The highest BCUT2D eigenvalue weighted by Crippen LogP contribution is 2.11. The van der Waals surface area contributed by atoms with Crippen molar-refractivity contribution in [1.29, 1.82) is 0 Å². The van der Waals surface area contributed by atoms with Gasteiger partial charge in [-0.3, -0.25) is 4.79 Å². The molecule has 0 aromatic rings. The van der Waals surface area contributed by atoms with E-state index in [1.54, 1.807) is 0 Å². The summed E-state index contributed by atoms with van der Waals surface area (Å²) in [6.07, 6.45) is 7.70. The van der Waals surface area contributed by atoms with Crippen LogP contribution in [0.5, 0.6) is 0 Å². The van der Waals surface area contributed by atoms with Gasteiger partial charge < -0.3 is 11.1 Å². The number of amides is 1. The molecule has 1 atom stereocenters. The first-order valence-corrected chi connectivity index (χ1v) is 6.69. The van der Waals surface area contributed by atoms with Crippen molar-refractivity contribution < 1.29 is 4.79 Å². The lowest BCUT2D eigenvalue weighted by Gasteiger charge is -2.15. The number of primary amides is 1. The maximum atomic E-state index is 10.5. The molecule has 0 aliphatic heterocycles. The van der Waals surface area contributed by atoms with Gasteiger partial charge in [0.05, 0.1) is 0 Å². The normalized spacial score (nSPS) is 12.6. The topological polar surface area (TPSA) is 55.1 Å². The van der Waals surface area contributed by atoms with Gasteiger partial charge in [0.1, 0.15) is 0 Å². The van der Waals surface area contributed by atoms with Gasteiger partial charge >= 0.3 is 0 Å². The molecule has 0 aliphatic rings. The van der Waals surface area contributed by atoms with Gasteiger partial charge in [0.25, 0.3) is 0 Å². The smallest absolute Gasteiger partial charge is 0.217 e. The monoisotopic (exact) mass is 228 g/mol. The molecule has 0 saturated carbocycles. The van der Waals surface area contributed by atoms with E-state index in [0.29, 0.717) is 6.42 Å². The third kappa shape index (κ3) is 9.97. The number of rotatable bonds is 11. The van der Waals surface area contributed by atoms with Crippen molar-refractivity contribution in [3.63, 3.8) is 0 Å². The van der Waals surface area contributed by atoms with Crippen molar-refractivity contribution in [2.24, 2.45) is 11.7 Å². The highest BCUT2D eigenvalue weighted by molar-refractivity contribution is 5.73. The van der Waals surface area contributed by atoms with Crippen LogP contribution in [0.1, 0.15) is 58.8 Å². The molecule has 0 radical (unpaired) electrons. The summed E-state index contributed by atoms with van der Waals surface area (Å²) in [6.45, 7) is 6.63. The first kappa shape index (κ1) is 15.4. The molecule has 0 rings (SSSR count). The minimum absolute atomic E-state index is 0.186. The van der Waals surface area contributed by atoms with Crippen LogP contribution >= 0.6 is 0 Å². The van der Waals surface area contributed by atoms with Crippen LogP contribution in [0.3, 0.4) is 0 Å². The van der Waals surface area contributed by atoms with E-state index in [1.807, 2.05) is 0 Å². The molecule has 1 amide bonds. The third-order valence-electron chi connectivity index (χ3n) is 3.00. The Balaban J connectivity index is 3.30. The van der Waals surface area contributed by atoms with Crippen LogP contribution in [0.2, 0.25) is 0 Å². The molecule has 3 nitrogen and oxygen atoms in total. The lowest BCUT2D eigenvalue weighted by Crippen LogP contribution is -2.23. The quantitative estimate of drug-likeness (QED) is 0.534. The average Bonchev–Trinajstić information content (AvgIpc) is 2.26. The number of nitrogens with one attached hydrogen (secondary N) is 1. The van der Waals surface area contributed by atoms with Gasteiger partial charge in [-0.25, -0.2) is 0 Å². The fourth-order valence-electron chi connectivity index (χ4n) is 1.80. The molecular weight excluding hydrogens is 200 g/mol. The minimum Gasteiger partial charge on any atom is -0.370 e. The van der Waals surface area contributed by atoms with Crippen molar-refractivity contribution in [2.45, 2.75) is 58.8 Å². The van der Waals surface area contributed by atoms with E-state index in [1.165, 1.54) is 25.7 Å². The van der Waals surface area contributed by atoms with Crippen molar-refractivity contribution in [1.82, 2.24) is 5.32 Å². The highest BCUT2D eigenvalue weighted by Gasteiger charge is 2.04. The van der Waals surface area contributed by atoms with Crippen LogP contribution in [0, 0.1) is 5.92 Å². The van der Waals surface area contributed by atoms with Crippen molar-refractivity contribution in [3.05, 3.63) is 0 Å². The van der Waals surface area contributed by atoms with E-state index in [4.69, 9.17) is 5.73 Å². The summed E-state index contributed by atoms with van der Waals surface area (Å²) in [6, 6.07) is 0. The Bertz CT molecular complexity index is 171. The van der Waals surface area contributed by atoms with Gasteiger partial charge in [-0.2, -0.15) is 0 Å². The van der Waals surface area contributed by atoms with Gasteiger partial charge in [0.15, 0.2) is 0 Å². The molecule has 3 N–H and O–H groups in total. The Morgan fingerprint density at radius 1 is 1.25 bits per heavy atom. The van der Waals surface area contributed by atoms with Crippen LogP contribution in [-0.4, -0.2) is 19.0 Å². The second-order valence-corrected chi connectivity index (χ2v) is 4.54. The van der Waals surface area contributed by atoms with Gasteiger partial charge in [-0.1, -0.05) is 33.1 Å². The second-order valence-electron chi connectivity index (χ2n) is 4.54. The van der Waals surface area contributed by atoms with Crippen molar-refractivity contribution in [3.8, 4) is 0 Å². The number of carbonyl (C=O) groups excluding carboxylic acids is 1. The fraction of sp³-hybridized carbons (Fsp3) is 0.923. The summed E-state index contributed by atoms with van der Waals surface area (Å²) < 4.78 is 0. The van der Waals surface area contributed by atoms with Gasteiger partial charge in [0.2, 0.25) is 5.91 Å². The molecule has 0 aromatic carbocycles. The first-order valence-electron chi connectivity index (χ1n) is 6.69. The van der Waals surface area contributed by atoms with Gasteiger partial charge in [-0.05, 0) is 38.3 Å². The average molecular weight is 228 g/mol. The number of hydrogen-bond donors (Lipinski definition) is 2. The minimum atomic E-state index is -0.186. The second kappa shape index (κ2) is 10.9. The molecule has 0 aliphatic carbocycles. The van der Waals surface area contributed by atoms with Crippen LogP contribution in [-0.2, 0) is 4.79 Å². The summed E-state index contributed by atoms with van der Waals surface area (Å²) in [4.78, 5) is 10.5. The molecule has 0 spiro atoms. The Hall–Kier alpha value is -0.570. The standard InChI is InChI=1S/C13H28N2O/c1-3-5-8-12(4-2)11-15-10-7-6-9-13(14)16/h12,15H,3-11H2,1-2H3,(H2,14,16). The Kier molecular flexibility index (Phi) is 10.5. The number of nitrogens with two attached hydrogens (primary N) is 1. The van der Waals surface area contributed by atoms with Crippen molar-refractivity contribution >= 4 is 5.91 Å². The molecule has 0 saturated heterocycles. The maximum Gasteiger partial charge on any atom is 0.217 e. The lowest BCUT2D eigenvalue weighted by molar-refractivity contribution is -0.118. The predicted molar refractivity (Wildman–Crippen MR) is 69.2 cm³/mol. The molecule has 0 heterocycles. The maximum absolute atomic E-state index is 10.5. The fourth-order valence-corrected chi connectivity index (χ4v) is 1.80. The molecule has 1 unspecified atom stereocenters. The molecular formula is C13H28N2O. The van der Waals surface area contributed by atoms with Crippen LogP contribution in [0.4, 0.5) is 0 Å². The largest absolute Gasteiger partial charge is 0.370 e. The zero-order valence-corrected chi connectivity index (χ0v) is 10.9. The summed E-state index contributed by atoms with van der Waals surface area (Å²) >= 11 is 0. The number of unbranched alkanes of at least 4 members (excludes halogenated alkanes) is 2. The van der Waals surface area contributed by atoms with E-state index in [9.17, 15) is 4.79 Å². The first-order chi connectivity index (χ1) is 7.70. The zero-order valence-electron chi connectivity index (χ0n) is 10.9. The molecule has 0 bridgehead atoms. The molecule has 0 fully saturated rings. The number of carbonyl (C=O) groups is 1. The summed E-state index contributed by atoms with van der Waals surface area (Å²) in [5.41, 5.74) is 5.07. The summed E-state index contributed by atoms with van der Waals surface area (Å²) in [7, 11) is 0. The predicted octanol–water partition coefficient (Wildman–Crippen LogP) is 2.45. The summed E-state index contributed by atoms with van der Waals surface area (Å²) in [5.74, 6) is 0.630. The van der Waals surface area contributed by atoms with E-state index in [-0.39, 0.29) is 5.91 Å². The Labute approximate surface area is 100 Å².